The van der Waals surface area contributed by atoms with Crippen LogP contribution in [0.3, 0.4) is 0 Å². The Balaban J connectivity index is 2.94. The summed E-state index contributed by atoms with van der Waals surface area (Å²) in [6.45, 7) is 1.03. The number of aryl methyl sites for hydroxylation is 1. The van der Waals surface area contributed by atoms with Crippen molar-refractivity contribution in [2.75, 3.05) is 32.1 Å². The van der Waals surface area contributed by atoms with Gasteiger partial charge in [-0.25, -0.2) is 30.3 Å². The minimum absolute atomic E-state index is 0.0938. The van der Waals surface area contributed by atoms with Crippen molar-refractivity contribution in [3.63, 3.8) is 0 Å². The van der Waals surface area contributed by atoms with Gasteiger partial charge < -0.3 is 5.73 Å². The fourth-order valence-corrected chi connectivity index (χ4v) is 3.59. The van der Waals surface area contributed by atoms with E-state index >= 15 is 0 Å². The fourth-order valence-electron chi connectivity index (χ4n) is 1.52. The highest BCUT2D eigenvalue weighted by atomic mass is 32.2. The number of halogens is 1. The van der Waals surface area contributed by atoms with Crippen molar-refractivity contribution in [2.24, 2.45) is 0 Å². The van der Waals surface area contributed by atoms with Gasteiger partial charge in [-0.1, -0.05) is 0 Å². The van der Waals surface area contributed by atoms with E-state index in [1.165, 1.54) is 27.1 Å². The van der Waals surface area contributed by atoms with E-state index < -0.39 is 36.5 Å². The van der Waals surface area contributed by atoms with E-state index in [-0.39, 0.29) is 17.8 Å². The van der Waals surface area contributed by atoms with Crippen LogP contribution in [0, 0.1) is 12.7 Å². The Morgan fingerprint density at radius 1 is 1.24 bits per heavy atom. The Labute approximate surface area is 124 Å². The van der Waals surface area contributed by atoms with Gasteiger partial charge in [-0.2, -0.15) is 0 Å². The number of anilines is 1. The smallest absolute Gasteiger partial charge is 0.243 e. The zero-order valence-electron chi connectivity index (χ0n) is 11.9. The van der Waals surface area contributed by atoms with E-state index in [0.717, 1.165) is 10.4 Å². The standard InChI is InChI=1S/C11H18FN3O4S2/c1-8-6-9(13)7-10(11(8)12)21(18,19)14-4-5-20(16,17)15(2)3/h6-7,14H,4-5,13H2,1-3H3. The van der Waals surface area contributed by atoms with Crippen molar-refractivity contribution in [3.8, 4) is 0 Å². The molecule has 0 amide bonds. The predicted octanol–water partition coefficient (Wildman–Crippen LogP) is -0.114. The zero-order valence-corrected chi connectivity index (χ0v) is 13.6. The maximum absolute atomic E-state index is 13.9. The average Bonchev–Trinajstić information content (AvgIpc) is 2.32. The van der Waals surface area contributed by atoms with Crippen LogP contribution in [0.4, 0.5) is 10.1 Å². The fraction of sp³-hybridized carbons (Fsp3) is 0.455. The molecule has 10 heteroatoms. The van der Waals surface area contributed by atoms with E-state index in [0.29, 0.717) is 0 Å². The second-order valence-corrected chi connectivity index (χ2v) is 8.68. The van der Waals surface area contributed by atoms with Crippen molar-refractivity contribution >= 4 is 25.7 Å². The summed E-state index contributed by atoms with van der Waals surface area (Å²) in [5, 5.41) is 0. The molecular formula is C11H18FN3O4S2. The summed E-state index contributed by atoms with van der Waals surface area (Å²) < 4.78 is 63.9. The molecule has 21 heavy (non-hydrogen) atoms. The number of benzene rings is 1. The van der Waals surface area contributed by atoms with Gasteiger partial charge >= 0.3 is 0 Å². The van der Waals surface area contributed by atoms with Crippen molar-refractivity contribution in [1.29, 1.82) is 0 Å². The maximum Gasteiger partial charge on any atom is 0.243 e. The number of rotatable bonds is 6. The molecule has 0 aliphatic heterocycles. The molecule has 0 fully saturated rings. The number of sulfonamides is 2. The Morgan fingerprint density at radius 2 is 1.81 bits per heavy atom. The van der Waals surface area contributed by atoms with Crippen molar-refractivity contribution < 1.29 is 21.2 Å². The van der Waals surface area contributed by atoms with Crippen molar-refractivity contribution in [2.45, 2.75) is 11.8 Å². The molecule has 3 N–H and O–H groups in total. The van der Waals surface area contributed by atoms with Gasteiger partial charge in [0.15, 0.2) is 0 Å². The summed E-state index contributed by atoms with van der Waals surface area (Å²) in [7, 11) is -5.04. The summed E-state index contributed by atoms with van der Waals surface area (Å²) in [6.07, 6.45) is 0. The van der Waals surface area contributed by atoms with Gasteiger partial charge in [-0.15, -0.1) is 0 Å². The van der Waals surface area contributed by atoms with Crippen molar-refractivity contribution in [1.82, 2.24) is 9.03 Å². The zero-order chi connectivity index (χ0) is 16.4. The quantitative estimate of drug-likeness (QED) is 0.703. The van der Waals surface area contributed by atoms with Crippen LogP contribution in [-0.4, -0.2) is 47.5 Å². The molecule has 0 saturated carbocycles. The van der Waals surface area contributed by atoms with Crippen LogP contribution in [0.25, 0.3) is 0 Å². The van der Waals surface area contributed by atoms with Crippen LogP contribution in [0.1, 0.15) is 5.56 Å². The second kappa shape index (κ2) is 6.26. The SMILES string of the molecule is Cc1cc(N)cc(S(=O)(=O)NCCS(=O)(=O)N(C)C)c1F. The third kappa shape index (κ3) is 4.37. The molecule has 0 spiro atoms. The molecule has 1 aromatic rings. The number of hydrogen-bond acceptors (Lipinski definition) is 5. The predicted molar refractivity (Wildman–Crippen MR) is 78.2 cm³/mol. The Hall–Kier alpha value is -1.23. The number of nitrogens with zero attached hydrogens (tertiary/aromatic N) is 1. The van der Waals surface area contributed by atoms with E-state index in [4.69, 9.17) is 5.73 Å². The highest BCUT2D eigenvalue weighted by Crippen LogP contribution is 2.21. The number of nitrogen functional groups attached to an aromatic ring is 1. The van der Waals surface area contributed by atoms with Gasteiger partial charge in [0, 0.05) is 26.3 Å². The minimum atomic E-state index is -4.17. The molecule has 0 aromatic heterocycles. The molecule has 0 atom stereocenters. The first-order valence-corrected chi connectivity index (χ1v) is 9.02. The van der Waals surface area contributed by atoms with E-state index in [1.807, 2.05) is 0 Å². The van der Waals surface area contributed by atoms with Crippen LogP contribution in [0.2, 0.25) is 0 Å². The molecule has 0 saturated heterocycles. The minimum Gasteiger partial charge on any atom is -0.399 e. The van der Waals surface area contributed by atoms with Crippen LogP contribution in [0.15, 0.2) is 17.0 Å². The Kier molecular flexibility index (Phi) is 5.31. The van der Waals surface area contributed by atoms with Gasteiger partial charge in [0.2, 0.25) is 20.0 Å². The lowest BCUT2D eigenvalue weighted by molar-refractivity contribution is 0.519. The molecule has 0 aliphatic rings. The highest BCUT2D eigenvalue weighted by Gasteiger charge is 2.22. The Morgan fingerprint density at radius 3 is 2.33 bits per heavy atom. The topological polar surface area (TPSA) is 110 Å². The van der Waals surface area contributed by atoms with Gasteiger partial charge in [0.1, 0.15) is 10.7 Å². The third-order valence-corrected chi connectivity index (χ3v) is 6.03. The number of nitrogens with two attached hydrogens (primary N) is 1. The first kappa shape index (κ1) is 17.8. The van der Waals surface area contributed by atoms with E-state index in [1.54, 1.807) is 0 Å². The van der Waals surface area contributed by atoms with E-state index in [2.05, 4.69) is 4.72 Å². The molecule has 0 heterocycles. The highest BCUT2D eigenvalue weighted by molar-refractivity contribution is 7.90. The molecule has 1 rings (SSSR count). The number of hydrogen-bond donors (Lipinski definition) is 2. The van der Waals surface area contributed by atoms with Crippen LogP contribution < -0.4 is 10.5 Å². The molecule has 0 bridgehead atoms. The molecule has 1 aromatic carbocycles. The molecular weight excluding hydrogens is 321 g/mol. The molecule has 120 valence electrons. The average molecular weight is 339 g/mol. The lowest BCUT2D eigenvalue weighted by Crippen LogP contribution is -2.34. The van der Waals surface area contributed by atoms with Gasteiger partial charge in [-0.3, -0.25) is 0 Å². The summed E-state index contributed by atoms with van der Waals surface area (Å²) in [5.41, 5.74) is 5.70. The van der Waals surface area contributed by atoms with Crippen LogP contribution in [-0.2, 0) is 20.0 Å². The summed E-state index contributed by atoms with van der Waals surface area (Å²) in [6, 6.07) is 2.30. The summed E-state index contributed by atoms with van der Waals surface area (Å²) in [5.74, 6) is -1.34. The second-order valence-electron chi connectivity index (χ2n) is 4.65. The summed E-state index contributed by atoms with van der Waals surface area (Å²) in [4.78, 5) is -0.595. The Bertz CT molecular complexity index is 730. The summed E-state index contributed by atoms with van der Waals surface area (Å²) >= 11 is 0. The lowest BCUT2D eigenvalue weighted by atomic mass is 10.2. The van der Waals surface area contributed by atoms with Gasteiger partial charge in [0.25, 0.3) is 0 Å². The normalized spacial score (nSPS) is 12.8. The largest absolute Gasteiger partial charge is 0.399 e. The molecule has 0 radical (unpaired) electrons. The molecule has 7 nitrogen and oxygen atoms in total. The van der Waals surface area contributed by atoms with E-state index in [9.17, 15) is 21.2 Å². The first-order chi connectivity index (χ1) is 9.47. The number of nitrogens with one attached hydrogen (secondary N) is 1. The molecule has 0 unspecified atom stereocenters. The van der Waals surface area contributed by atoms with Gasteiger partial charge in [-0.05, 0) is 24.6 Å². The maximum atomic E-state index is 13.9. The van der Waals surface area contributed by atoms with Crippen molar-refractivity contribution in [3.05, 3.63) is 23.5 Å². The van der Waals surface area contributed by atoms with Crippen LogP contribution in [0.5, 0.6) is 0 Å². The third-order valence-electron chi connectivity index (χ3n) is 2.74. The lowest BCUT2D eigenvalue weighted by Gasteiger charge is -2.13. The monoisotopic (exact) mass is 339 g/mol. The van der Waals surface area contributed by atoms with Gasteiger partial charge in [0.05, 0.1) is 5.75 Å². The van der Waals surface area contributed by atoms with Crippen LogP contribution >= 0.6 is 0 Å². The first-order valence-electron chi connectivity index (χ1n) is 5.93. The molecule has 0 aliphatic carbocycles.